The molecule has 1 amide bonds. The van der Waals surface area contributed by atoms with Gasteiger partial charge in [-0.2, -0.15) is 0 Å². The third-order valence-electron chi connectivity index (χ3n) is 3.88. The van der Waals surface area contributed by atoms with Crippen molar-refractivity contribution >= 4 is 18.3 Å². The van der Waals surface area contributed by atoms with Gasteiger partial charge in [0.1, 0.15) is 0 Å². The lowest BCUT2D eigenvalue weighted by Crippen LogP contribution is -2.48. The van der Waals surface area contributed by atoms with Crippen LogP contribution in [0.2, 0.25) is 0 Å². The second-order valence-electron chi connectivity index (χ2n) is 5.57. The maximum absolute atomic E-state index is 11.9. The van der Waals surface area contributed by atoms with Crippen LogP contribution in [0.25, 0.3) is 11.1 Å². The van der Waals surface area contributed by atoms with E-state index >= 15 is 0 Å². The molecule has 2 aromatic carbocycles. The molecule has 3 rings (SSSR count). The summed E-state index contributed by atoms with van der Waals surface area (Å²) in [4.78, 5) is 11.9. The van der Waals surface area contributed by atoms with E-state index in [4.69, 9.17) is 0 Å². The zero-order valence-corrected chi connectivity index (χ0v) is 13.2. The molecule has 1 fully saturated rings. The lowest BCUT2D eigenvalue weighted by atomic mass is 10.0. The molecule has 0 aromatic heterocycles. The molecular weight excluding hydrogens is 296 g/mol. The Morgan fingerprint density at radius 1 is 1.00 bits per heavy atom. The van der Waals surface area contributed by atoms with Gasteiger partial charge >= 0.3 is 0 Å². The van der Waals surface area contributed by atoms with Crippen LogP contribution in [0.1, 0.15) is 5.56 Å². The Labute approximate surface area is 137 Å². The summed E-state index contributed by atoms with van der Waals surface area (Å²) in [7, 11) is 0. The highest BCUT2D eigenvalue weighted by Crippen LogP contribution is 2.19. The van der Waals surface area contributed by atoms with Gasteiger partial charge in [0.15, 0.2) is 0 Å². The molecule has 0 atom stereocenters. The molecular formula is C18H21ClN2O. The predicted molar refractivity (Wildman–Crippen MR) is 92.2 cm³/mol. The highest BCUT2D eigenvalue weighted by atomic mass is 35.5. The van der Waals surface area contributed by atoms with E-state index < -0.39 is 0 Å². The Balaban J connectivity index is 0.00000176. The van der Waals surface area contributed by atoms with Gasteiger partial charge in [-0.15, -0.1) is 12.4 Å². The van der Waals surface area contributed by atoms with Gasteiger partial charge in [0.25, 0.3) is 0 Å². The molecule has 1 aliphatic rings. The molecule has 0 spiro atoms. The van der Waals surface area contributed by atoms with Gasteiger partial charge in [0.05, 0.1) is 6.42 Å². The van der Waals surface area contributed by atoms with E-state index in [9.17, 15) is 4.79 Å². The van der Waals surface area contributed by atoms with Crippen LogP contribution in [0.5, 0.6) is 0 Å². The quantitative estimate of drug-likeness (QED) is 0.890. The maximum atomic E-state index is 11.9. The van der Waals surface area contributed by atoms with Gasteiger partial charge in [-0.3, -0.25) is 4.79 Å². The lowest BCUT2D eigenvalue weighted by molar-refractivity contribution is -0.120. The van der Waals surface area contributed by atoms with Crippen molar-refractivity contribution in [2.75, 3.05) is 19.6 Å². The molecule has 4 heteroatoms. The van der Waals surface area contributed by atoms with Crippen molar-refractivity contribution in [2.24, 2.45) is 5.92 Å². The van der Waals surface area contributed by atoms with Crippen molar-refractivity contribution < 1.29 is 4.79 Å². The predicted octanol–water partition coefficient (Wildman–Crippen LogP) is 2.65. The summed E-state index contributed by atoms with van der Waals surface area (Å²) in [6, 6.07) is 18.5. The summed E-state index contributed by atoms with van der Waals surface area (Å²) >= 11 is 0. The molecule has 2 aromatic rings. The fourth-order valence-corrected chi connectivity index (χ4v) is 2.44. The molecule has 1 saturated heterocycles. The van der Waals surface area contributed by atoms with Gasteiger partial charge in [-0.25, -0.2) is 0 Å². The molecule has 0 unspecified atom stereocenters. The first kappa shape index (κ1) is 16.5. The monoisotopic (exact) mass is 316 g/mol. The first-order chi connectivity index (χ1) is 10.3. The minimum absolute atomic E-state index is 0. The summed E-state index contributed by atoms with van der Waals surface area (Å²) < 4.78 is 0. The Morgan fingerprint density at radius 2 is 1.64 bits per heavy atom. The molecule has 2 N–H and O–H groups in total. The van der Waals surface area contributed by atoms with E-state index in [1.807, 2.05) is 30.3 Å². The summed E-state index contributed by atoms with van der Waals surface area (Å²) in [6.45, 7) is 2.83. The third-order valence-corrected chi connectivity index (χ3v) is 3.88. The van der Waals surface area contributed by atoms with Crippen LogP contribution in [0.3, 0.4) is 0 Å². The zero-order valence-electron chi connectivity index (χ0n) is 12.4. The topological polar surface area (TPSA) is 41.1 Å². The summed E-state index contributed by atoms with van der Waals surface area (Å²) in [5.74, 6) is 0.712. The number of hydrogen-bond acceptors (Lipinski definition) is 2. The van der Waals surface area contributed by atoms with Crippen LogP contribution >= 0.6 is 12.4 Å². The van der Waals surface area contributed by atoms with Crippen molar-refractivity contribution in [3.05, 3.63) is 60.2 Å². The van der Waals surface area contributed by atoms with E-state index in [0.29, 0.717) is 12.3 Å². The number of halogens is 1. The Kier molecular flexibility index (Phi) is 5.99. The number of carbonyl (C=O) groups excluding carboxylic acids is 1. The van der Waals surface area contributed by atoms with Gasteiger partial charge in [-0.05, 0) is 16.7 Å². The van der Waals surface area contributed by atoms with Crippen LogP contribution in [0.4, 0.5) is 0 Å². The van der Waals surface area contributed by atoms with E-state index in [0.717, 1.165) is 25.2 Å². The number of nitrogens with one attached hydrogen (secondary N) is 2. The van der Waals surface area contributed by atoms with Crippen LogP contribution in [-0.2, 0) is 11.2 Å². The van der Waals surface area contributed by atoms with Crippen LogP contribution in [-0.4, -0.2) is 25.5 Å². The van der Waals surface area contributed by atoms with Gasteiger partial charge in [-0.1, -0.05) is 54.6 Å². The van der Waals surface area contributed by atoms with Crippen molar-refractivity contribution in [3.8, 4) is 11.1 Å². The van der Waals surface area contributed by atoms with Crippen molar-refractivity contribution in [3.63, 3.8) is 0 Å². The van der Waals surface area contributed by atoms with E-state index in [-0.39, 0.29) is 18.3 Å². The third kappa shape index (κ3) is 4.33. The minimum atomic E-state index is 0. The average Bonchev–Trinajstić information content (AvgIpc) is 2.47. The fourth-order valence-electron chi connectivity index (χ4n) is 2.44. The number of rotatable bonds is 5. The van der Waals surface area contributed by atoms with E-state index in [1.54, 1.807) is 0 Å². The van der Waals surface area contributed by atoms with E-state index in [1.165, 1.54) is 11.1 Å². The van der Waals surface area contributed by atoms with E-state index in [2.05, 4.69) is 34.9 Å². The maximum Gasteiger partial charge on any atom is 0.224 e. The standard InChI is InChI=1S/C18H20N2O.ClH/c21-18(20-13-15-11-19-12-15)10-14-6-8-17(9-7-14)16-4-2-1-3-5-16;/h1-9,15,19H,10-13H2,(H,20,21);1H. The molecule has 0 radical (unpaired) electrons. The van der Waals surface area contributed by atoms with Crippen LogP contribution in [0, 0.1) is 5.92 Å². The smallest absolute Gasteiger partial charge is 0.224 e. The molecule has 0 saturated carbocycles. The second kappa shape index (κ2) is 7.97. The van der Waals surface area contributed by atoms with Crippen molar-refractivity contribution in [1.82, 2.24) is 10.6 Å². The first-order valence-electron chi connectivity index (χ1n) is 7.43. The minimum Gasteiger partial charge on any atom is -0.355 e. The number of carbonyl (C=O) groups is 1. The second-order valence-corrected chi connectivity index (χ2v) is 5.57. The SMILES string of the molecule is Cl.O=C(Cc1ccc(-c2ccccc2)cc1)NCC1CNC1. The normalized spacial score (nSPS) is 13.8. The molecule has 1 aliphatic heterocycles. The average molecular weight is 317 g/mol. The highest BCUT2D eigenvalue weighted by Gasteiger charge is 2.17. The highest BCUT2D eigenvalue weighted by molar-refractivity contribution is 5.85. The van der Waals surface area contributed by atoms with Gasteiger partial charge in [0, 0.05) is 25.6 Å². The van der Waals surface area contributed by atoms with Crippen molar-refractivity contribution in [1.29, 1.82) is 0 Å². The first-order valence-corrected chi connectivity index (χ1v) is 7.43. The van der Waals surface area contributed by atoms with Gasteiger partial charge < -0.3 is 10.6 Å². The molecule has 0 bridgehead atoms. The zero-order chi connectivity index (χ0) is 14.5. The molecule has 116 valence electrons. The molecule has 3 nitrogen and oxygen atoms in total. The summed E-state index contributed by atoms with van der Waals surface area (Å²) in [5, 5.41) is 6.21. The largest absolute Gasteiger partial charge is 0.355 e. The van der Waals surface area contributed by atoms with Crippen LogP contribution in [0.15, 0.2) is 54.6 Å². The summed E-state index contributed by atoms with van der Waals surface area (Å²) in [5.41, 5.74) is 3.44. The Hall–Kier alpha value is -1.84. The molecule has 0 aliphatic carbocycles. The fraction of sp³-hybridized carbons (Fsp3) is 0.278. The molecule has 22 heavy (non-hydrogen) atoms. The lowest BCUT2D eigenvalue weighted by Gasteiger charge is -2.27. The summed E-state index contributed by atoms with van der Waals surface area (Å²) in [6.07, 6.45) is 0.454. The Bertz CT molecular complexity index is 594. The number of benzene rings is 2. The Morgan fingerprint density at radius 3 is 2.23 bits per heavy atom. The van der Waals surface area contributed by atoms with Crippen LogP contribution < -0.4 is 10.6 Å². The van der Waals surface area contributed by atoms with Crippen molar-refractivity contribution in [2.45, 2.75) is 6.42 Å². The van der Waals surface area contributed by atoms with Gasteiger partial charge in [0.2, 0.25) is 5.91 Å². The number of amides is 1. The molecule has 1 heterocycles. The number of hydrogen-bond donors (Lipinski definition) is 2.